The highest BCUT2D eigenvalue weighted by Crippen LogP contribution is 2.39. The zero-order valence-corrected chi connectivity index (χ0v) is 17.2. The number of hydrogen-bond donors (Lipinski definition) is 1. The summed E-state index contributed by atoms with van der Waals surface area (Å²) in [6, 6.07) is 5.86. The molecule has 0 aliphatic carbocycles. The van der Waals surface area contributed by atoms with E-state index < -0.39 is 17.2 Å². The van der Waals surface area contributed by atoms with Crippen molar-refractivity contribution in [3.63, 3.8) is 0 Å². The van der Waals surface area contributed by atoms with E-state index in [2.05, 4.69) is 10.3 Å². The Hall–Kier alpha value is -2.25. The summed E-state index contributed by atoms with van der Waals surface area (Å²) in [4.78, 5) is 18.7. The molecule has 2 aromatic rings. The van der Waals surface area contributed by atoms with Crippen LogP contribution in [0.2, 0.25) is 0 Å². The second-order valence-corrected chi connectivity index (χ2v) is 7.46. The number of pyridine rings is 1. The van der Waals surface area contributed by atoms with Gasteiger partial charge in [0.25, 0.3) is 0 Å². The maximum absolute atomic E-state index is 14.4. The number of carbonyl (C=O) groups excluding carboxylic acids is 1. The highest BCUT2D eigenvalue weighted by Gasteiger charge is 2.50. The number of rotatable bonds is 4. The highest BCUT2D eigenvalue weighted by atomic mass is 35.5. The van der Waals surface area contributed by atoms with Crippen LogP contribution in [0.3, 0.4) is 0 Å². The number of carbonyl (C=O) groups is 1. The Kier molecular flexibility index (Phi) is 6.10. The summed E-state index contributed by atoms with van der Waals surface area (Å²) in [6.45, 7) is 2.89. The summed E-state index contributed by atoms with van der Waals surface area (Å²) >= 11 is 0. The van der Waals surface area contributed by atoms with Crippen LogP contribution >= 0.6 is 12.4 Å². The minimum atomic E-state index is -0.947. The van der Waals surface area contributed by atoms with Gasteiger partial charge in [-0.3, -0.25) is 15.1 Å². The van der Waals surface area contributed by atoms with Crippen LogP contribution in [0.15, 0.2) is 30.5 Å². The maximum Gasteiger partial charge on any atom is 0.242 e. The summed E-state index contributed by atoms with van der Waals surface area (Å²) in [7, 11) is 1.81. The molecule has 2 aliphatic rings. The van der Waals surface area contributed by atoms with Gasteiger partial charge in [-0.15, -0.1) is 12.4 Å². The van der Waals surface area contributed by atoms with Gasteiger partial charge in [-0.25, -0.2) is 8.78 Å². The number of aromatic nitrogens is 1. The third kappa shape index (κ3) is 3.81. The van der Waals surface area contributed by atoms with Gasteiger partial charge in [-0.1, -0.05) is 0 Å². The molecule has 2 aliphatic heterocycles. The first-order chi connectivity index (χ1) is 13.4. The van der Waals surface area contributed by atoms with Crippen LogP contribution in [0.25, 0.3) is 11.1 Å². The lowest BCUT2D eigenvalue weighted by Gasteiger charge is -2.23. The predicted molar refractivity (Wildman–Crippen MR) is 108 cm³/mol. The first-order valence-corrected chi connectivity index (χ1v) is 9.55. The molecule has 3 heterocycles. The van der Waals surface area contributed by atoms with E-state index in [-0.39, 0.29) is 35.7 Å². The average molecular weight is 424 g/mol. The number of likely N-dealkylation sites (tertiary alicyclic amines) is 1. The van der Waals surface area contributed by atoms with Crippen LogP contribution in [0.1, 0.15) is 37.9 Å². The van der Waals surface area contributed by atoms with E-state index in [1.54, 1.807) is 30.2 Å². The zero-order chi connectivity index (χ0) is 19.9. The van der Waals surface area contributed by atoms with Gasteiger partial charge < -0.3 is 9.64 Å². The monoisotopic (exact) mass is 423 g/mol. The molecule has 1 N–H and O–H groups in total. The number of amides is 1. The second-order valence-electron chi connectivity index (χ2n) is 7.46. The van der Waals surface area contributed by atoms with Gasteiger partial charge in [0.05, 0.1) is 18.3 Å². The van der Waals surface area contributed by atoms with Crippen molar-refractivity contribution >= 4 is 18.3 Å². The topological polar surface area (TPSA) is 54.5 Å². The number of ether oxygens (including phenoxy) is 1. The molecule has 5 nitrogen and oxygen atoms in total. The van der Waals surface area contributed by atoms with Crippen molar-refractivity contribution in [2.75, 3.05) is 20.2 Å². The Bertz CT molecular complexity index is 927. The molecule has 1 spiro atoms. The van der Waals surface area contributed by atoms with Crippen molar-refractivity contribution in [2.45, 2.75) is 37.8 Å². The third-order valence-corrected chi connectivity index (χ3v) is 5.70. The minimum absolute atomic E-state index is 0. The molecule has 4 rings (SSSR count). The normalized spacial score (nSPS) is 23.5. The summed E-state index contributed by atoms with van der Waals surface area (Å²) in [5, 5.41) is 3.45. The first-order valence-electron chi connectivity index (χ1n) is 9.55. The Balaban J connectivity index is 0.00000240. The van der Waals surface area contributed by atoms with Crippen LogP contribution < -0.4 is 10.1 Å². The number of nitrogens with zero attached hydrogens (tertiary/aromatic N) is 2. The smallest absolute Gasteiger partial charge is 0.242 e. The molecule has 2 atom stereocenters. The second kappa shape index (κ2) is 8.24. The van der Waals surface area contributed by atoms with Gasteiger partial charge >= 0.3 is 0 Å². The van der Waals surface area contributed by atoms with Crippen LogP contribution in [0.5, 0.6) is 5.75 Å². The van der Waals surface area contributed by atoms with Gasteiger partial charge in [0, 0.05) is 31.4 Å². The Morgan fingerprint density at radius 2 is 2.10 bits per heavy atom. The van der Waals surface area contributed by atoms with Crippen molar-refractivity contribution in [3.8, 4) is 16.9 Å². The molecular weight excluding hydrogens is 400 g/mol. The first kappa shape index (κ1) is 21.5. The largest absolute Gasteiger partial charge is 0.494 e. The molecule has 1 aromatic carbocycles. The lowest BCUT2D eigenvalue weighted by atomic mass is 9.96. The van der Waals surface area contributed by atoms with E-state index in [1.165, 1.54) is 6.07 Å². The molecule has 0 radical (unpaired) electrons. The Morgan fingerprint density at radius 1 is 1.31 bits per heavy atom. The van der Waals surface area contributed by atoms with E-state index in [0.717, 1.165) is 37.6 Å². The van der Waals surface area contributed by atoms with E-state index in [9.17, 15) is 13.6 Å². The number of hydrogen-bond acceptors (Lipinski definition) is 4. The van der Waals surface area contributed by atoms with Crippen molar-refractivity contribution in [1.29, 1.82) is 0 Å². The van der Waals surface area contributed by atoms with Crippen molar-refractivity contribution < 1.29 is 18.3 Å². The van der Waals surface area contributed by atoms with Gasteiger partial charge in [-0.2, -0.15) is 0 Å². The lowest BCUT2D eigenvalue weighted by Crippen LogP contribution is -2.47. The van der Waals surface area contributed by atoms with Crippen LogP contribution in [-0.2, 0) is 4.79 Å². The molecule has 156 valence electrons. The summed E-state index contributed by atoms with van der Waals surface area (Å²) in [6.07, 6.45) is 3.88. The molecule has 0 unspecified atom stereocenters. The fourth-order valence-electron chi connectivity index (χ4n) is 4.22. The molecule has 1 aromatic heterocycles. The molecule has 29 heavy (non-hydrogen) atoms. The Labute approximate surface area is 174 Å². The lowest BCUT2D eigenvalue weighted by molar-refractivity contribution is -0.131. The van der Waals surface area contributed by atoms with Gasteiger partial charge in [0.15, 0.2) is 11.6 Å². The quantitative estimate of drug-likeness (QED) is 0.811. The number of halogens is 3. The number of likely N-dealkylation sites (N-methyl/N-ethyl adjacent to an activating group) is 1. The van der Waals surface area contributed by atoms with E-state index >= 15 is 0 Å². The summed E-state index contributed by atoms with van der Waals surface area (Å²) in [5.74, 6) is -1.46. The molecule has 1 amide bonds. The predicted octanol–water partition coefficient (Wildman–Crippen LogP) is 3.87. The van der Waals surface area contributed by atoms with E-state index in [1.807, 2.05) is 7.05 Å². The van der Waals surface area contributed by atoms with Crippen LogP contribution in [0, 0.1) is 11.6 Å². The minimum Gasteiger partial charge on any atom is -0.494 e. The molecule has 0 saturated carbocycles. The fraction of sp³-hybridized carbons (Fsp3) is 0.429. The van der Waals surface area contributed by atoms with E-state index in [4.69, 9.17) is 4.74 Å². The standard InChI is InChI=1S/C21H23F2N3O2.ClH/c1-3-28-14-11-15(19(23)16(22)12-14)13-5-8-24-18(10-13)17-4-6-21(25-17)7-9-26(2)20(21)27;/h5,8,10-12,17,25H,3-4,6-7,9H2,1-2H3;1H/t17-,21+;/m1./s1. The van der Waals surface area contributed by atoms with Crippen molar-refractivity contribution in [1.82, 2.24) is 15.2 Å². The molecular formula is C21H24ClF2N3O2. The van der Waals surface area contributed by atoms with Crippen LogP contribution in [0.4, 0.5) is 8.78 Å². The van der Waals surface area contributed by atoms with E-state index in [0.29, 0.717) is 12.2 Å². The summed E-state index contributed by atoms with van der Waals surface area (Å²) in [5.41, 5.74) is 0.860. The van der Waals surface area contributed by atoms with Gasteiger partial charge in [0.2, 0.25) is 5.91 Å². The van der Waals surface area contributed by atoms with Crippen molar-refractivity contribution in [3.05, 3.63) is 47.8 Å². The maximum atomic E-state index is 14.4. The fourth-order valence-corrected chi connectivity index (χ4v) is 4.22. The molecule has 2 saturated heterocycles. The van der Waals surface area contributed by atoms with Gasteiger partial charge in [-0.05, 0) is 49.9 Å². The average Bonchev–Trinajstić information content (AvgIpc) is 3.25. The Morgan fingerprint density at radius 3 is 2.79 bits per heavy atom. The zero-order valence-electron chi connectivity index (χ0n) is 16.4. The van der Waals surface area contributed by atoms with Crippen LogP contribution in [-0.4, -0.2) is 41.5 Å². The highest BCUT2D eigenvalue weighted by molar-refractivity contribution is 5.88. The molecule has 0 bridgehead atoms. The van der Waals surface area contributed by atoms with Gasteiger partial charge in [0.1, 0.15) is 11.3 Å². The molecule has 2 fully saturated rings. The van der Waals surface area contributed by atoms with Crippen molar-refractivity contribution in [2.24, 2.45) is 0 Å². The summed E-state index contributed by atoms with van der Waals surface area (Å²) < 4.78 is 33.8. The SMILES string of the molecule is CCOc1cc(F)c(F)c(-c2ccnc([C@H]3CC[C@@]4(CCN(C)C4=O)N3)c2)c1.Cl. The third-order valence-electron chi connectivity index (χ3n) is 5.70. The number of benzene rings is 1. The number of nitrogens with one attached hydrogen (secondary N) is 1. The molecule has 8 heteroatoms.